The number of piperidine rings is 1. The average molecular weight is 336 g/mol. The molecule has 4 rings (SSSR count). The predicted octanol–water partition coefficient (Wildman–Crippen LogP) is 3.13. The minimum absolute atomic E-state index is 0.540. The number of aliphatic imine (C=N–C) groups is 1. The molecule has 1 saturated heterocycles. The highest BCUT2D eigenvalue weighted by molar-refractivity contribution is 5.83. The van der Waals surface area contributed by atoms with Gasteiger partial charge in [-0.25, -0.2) is 0 Å². The van der Waals surface area contributed by atoms with Gasteiger partial charge in [0.2, 0.25) is 0 Å². The molecular formula is C21H28N4. The number of rotatable bonds is 4. The van der Waals surface area contributed by atoms with Gasteiger partial charge in [-0.1, -0.05) is 36.4 Å². The van der Waals surface area contributed by atoms with Crippen molar-refractivity contribution in [3.63, 3.8) is 0 Å². The van der Waals surface area contributed by atoms with Gasteiger partial charge in [0.25, 0.3) is 0 Å². The van der Waals surface area contributed by atoms with E-state index in [1.807, 2.05) is 7.05 Å². The minimum Gasteiger partial charge on any atom is -0.354 e. The van der Waals surface area contributed by atoms with Crippen LogP contribution in [-0.4, -0.2) is 43.1 Å². The molecule has 0 unspecified atom stereocenters. The number of hydrogen-bond donors (Lipinski definition) is 2. The van der Waals surface area contributed by atoms with Crippen LogP contribution in [-0.2, 0) is 6.54 Å². The first kappa shape index (κ1) is 16.4. The van der Waals surface area contributed by atoms with Crippen LogP contribution in [0, 0.1) is 0 Å². The number of hydrogen-bond acceptors (Lipinski definition) is 2. The Kier molecular flexibility index (Phi) is 4.88. The van der Waals surface area contributed by atoms with E-state index in [0.29, 0.717) is 6.04 Å². The molecular weight excluding hydrogens is 308 g/mol. The van der Waals surface area contributed by atoms with Crippen LogP contribution in [0.2, 0.25) is 0 Å². The van der Waals surface area contributed by atoms with Gasteiger partial charge in [-0.15, -0.1) is 0 Å². The second-order valence-corrected chi connectivity index (χ2v) is 7.29. The molecule has 132 valence electrons. The number of fused-ring (bicyclic) bond motifs is 1. The van der Waals surface area contributed by atoms with Crippen LogP contribution >= 0.6 is 0 Å². The van der Waals surface area contributed by atoms with Crippen LogP contribution in [0.15, 0.2) is 47.5 Å². The molecule has 0 atom stereocenters. The molecule has 25 heavy (non-hydrogen) atoms. The third-order valence-electron chi connectivity index (χ3n) is 5.43. The Morgan fingerprint density at radius 1 is 1.04 bits per heavy atom. The van der Waals surface area contributed by atoms with Crippen LogP contribution in [0.25, 0.3) is 10.8 Å². The monoisotopic (exact) mass is 336 g/mol. The maximum atomic E-state index is 4.41. The number of benzene rings is 2. The normalized spacial score (nSPS) is 20.0. The number of likely N-dealkylation sites (tertiary alicyclic amines) is 1. The minimum atomic E-state index is 0.540. The van der Waals surface area contributed by atoms with E-state index in [1.165, 1.54) is 55.1 Å². The zero-order valence-corrected chi connectivity index (χ0v) is 15.0. The Hall–Kier alpha value is -2.07. The summed E-state index contributed by atoms with van der Waals surface area (Å²) < 4.78 is 0. The van der Waals surface area contributed by atoms with Crippen LogP contribution in [0.5, 0.6) is 0 Å². The molecule has 0 aromatic heterocycles. The third-order valence-corrected chi connectivity index (χ3v) is 5.43. The maximum Gasteiger partial charge on any atom is 0.191 e. The summed E-state index contributed by atoms with van der Waals surface area (Å²) in [5.74, 6) is 0.915. The van der Waals surface area contributed by atoms with E-state index in [2.05, 4.69) is 63.0 Å². The molecule has 0 spiro atoms. The summed E-state index contributed by atoms with van der Waals surface area (Å²) in [5.41, 5.74) is 1.28. The second kappa shape index (κ2) is 7.44. The Balaban J connectivity index is 1.29. The lowest BCUT2D eigenvalue weighted by atomic mass is 10.1. The number of guanidine groups is 1. The molecule has 0 bridgehead atoms. The summed E-state index contributed by atoms with van der Waals surface area (Å²) in [6.07, 6.45) is 5.25. The summed E-state index contributed by atoms with van der Waals surface area (Å²) in [5, 5.41) is 9.65. The first-order valence-corrected chi connectivity index (χ1v) is 9.51. The fourth-order valence-electron chi connectivity index (χ4n) is 3.77. The lowest BCUT2D eigenvalue weighted by Crippen LogP contribution is -2.48. The van der Waals surface area contributed by atoms with E-state index in [4.69, 9.17) is 0 Å². The van der Waals surface area contributed by atoms with E-state index in [-0.39, 0.29) is 0 Å². The largest absolute Gasteiger partial charge is 0.354 e. The molecule has 2 aromatic carbocycles. The Morgan fingerprint density at radius 2 is 1.80 bits per heavy atom. The van der Waals surface area contributed by atoms with Crippen molar-refractivity contribution >= 4 is 16.7 Å². The van der Waals surface area contributed by atoms with Crippen molar-refractivity contribution in [2.45, 2.75) is 44.3 Å². The molecule has 1 saturated carbocycles. The summed E-state index contributed by atoms with van der Waals surface area (Å²) >= 11 is 0. The quantitative estimate of drug-likeness (QED) is 0.666. The van der Waals surface area contributed by atoms with Gasteiger partial charge >= 0.3 is 0 Å². The molecule has 0 radical (unpaired) electrons. The molecule has 0 amide bonds. The highest BCUT2D eigenvalue weighted by Crippen LogP contribution is 2.29. The van der Waals surface area contributed by atoms with Gasteiger partial charge < -0.3 is 15.5 Å². The molecule has 4 nitrogen and oxygen atoms in total. The zero-order valence-electron chi connectivity index (χ0n) is 15.0. The molecule has 2 fully saturated rings. The number of nitrogens with one attached hydrogen (secondary N) is 2. The second-order valence-electron chi connectivity index (χ2n) is 7.29. The zero-order chi connectivity index (χ0) is 17.1. The predicted molar refractivity (Wildman–Crippen MR) is 105 cm³/mol. The van der Waals surface area contributed by atoms with Crippen molar-refractivity contribution in [2.75, 3.05) is 20.1 Å². The maximum absolute atomic E-state index is 4.41. The first-order valence-electron chi connectivity index (χ1n) is 9.51. The summed E-state index contributed by atoms with van der Waals surface area (Å²) in [6.45, 7) is 3.25. The van der Waals surface area contributed by atoms with Gasteiger partial charge in [0.15, 0.2) is 5.96 Å². The van der Waals surface area contributed by atoms with Crippen molar-refractivity contribution in [3.8, 4) is 0 Å². The van der Waals surface area contributed by atoms with Gasteiger partial charge in [0.1, 0.15) is 0 Å². The Morgan fingerprint density at radius 3 is 2.52 bits per heavy atom. The van der Waals surface area contributed by atoms with E-state index in [1.54, 1.807) is 0 Å². The summed E-state index contributed by atoms with van der Waals surface area (Å²) in [4.78, 5) is 7.06. The van der Waals surface area contributed by atoms with Crippen molar-refractivity contribution in [1.82, 2.24) is 15.5 Å². The SMILES string of the molecule is CN=C(NCc1ccc2ccccc2c1)NC1CCN(C2CC2)CC1. The highest BCUT2D eigenvalue weighted by atomic mass is 15.2. The lowest BCUT2D eigenvalue weighted by Gasteiger charge is -2.33. The highest BCUT2D eigenvalue weighted by Gasteiger charge is 2.31. The van der Waals surface area contributed by atoms with E-state index in [0.717, 1.165) is 18.5 Å². The molecule has 1 heterocycles. The van der Waals surface area contributed by atoms with Gasteiger partial charge in [0, 0.05) is 38.8 Å². The molecule has 2 aromatic rings. The van der Waals surface area contributed by atoms with Gasteiger partial charge in [0.05, 0.1) is 0 Å². The fourth-order valence-corrected chi connectivity index (χ4v) is 3.77. The van der Waals surface area contributed by atoms with Crippen LogP contribution in [0.4, 0.5) is 0 Å². The van der Waals surface area contributed by atoms with Crippen molar-refractivity contribution in [1.29, 1.82) is 0 Å². The van der Waals surface area contributed by atoms with Crippen LogP contribution in [0.1, 0.15) is 31.2 Å². The van der Waals surface area contributed by atoms with Gasteiger partial charge in [-0.05, 0) is 48.1 Å². The summed E-state index contributed by atoms with van der Waals surface area (Å²) in [6, 6.07) is 16.6. The number of nitrogens with zero attached hydrogens (tertiary/aromatic N) is 2. The first-order chi connectivity index (χ1) is 12.3. The van der Waals surface area contributed by atoms with E-state index < -0.39 is 0 Å². The van der Waals surface area contributed by atoms with Gasteiger partial charge in [-0.3, -0.25) is 4.99 Å². The van der Waals surface area contributed by atoms with Crippen molar-refractivity contribution < 1.29 is 0 Å². The lowest BCUT2D eigenvalue weighted by molar-refractivity contribution is 0.197. The van der Waals surface area contributed by atoms with Crippen LogP contribution < -0.4 is 10.6 Å². The smallest absolute Gasteiger partial charge is 0.191 e. The topological polar surface area (TPSA) is 39.7 Å². The van der Waals surface area contributed by atoms with Crippen LogP contribution in [0.3, 0.4) is 0 Å². The van der Waals surface area contributed by atoms with Crippen molar-refractivity contribution in [3.05, 3.63) is 48.0 Å². The average Bonchev–Trinajstić information content (AvgIpc) is 3.51. The van der Waals surface area contributed by atoms with Gasteiger partial charge in [-0.2, -0.15) is 0 Å². The standard InChI is InChI=1S/C21H28N4/c1-22-21(24-19-10-12-25(13-11-19)20-8-9-20)23-15-16-6-7-17-4-2-3-5-18(17)14-16/h2-7,14,19-20H,8-13,15H2,1H3,(H2,22,23,24). The molecule has 2 aliphatic rings. The third kappa shape index (κ3) is 4.13. The van der Waals surface area contributed by atoms with E-state index >= 15 is 0 Å². The fraction of sp³-hybridized carbons (Fsp3) is 0.476. The molecule has 4 heteroatoms. The molecule has 1 aliphatic carbocycles. The summed E-state index contributed by atoms with van der Waals surface area (Å²) in [7, 11) is 1.86. The molecule has 2 N–H and O–H groups in total. The molecule has 1 aliphatic heterocycles. The Bertz CT molecular complexity index is 742. The Labute approximate surface area is 150 Å². The van der Waals surface area contributed by atoms with E-state index in [9.17, 15) is 0 Å². The van der Waals surface area contributed by atoms with Crippen molar-refractivity contribution in [2.24, 2.45) is 4.99 Å².